The number of esters is 1. The molecule has 32 heavy (non-hydrogen) atoms. The molecule has 0 aromatic rings. The van der Waals surface area contributed by atoms with E-state index in [9.17, 15) is 4.79 Å². The lowest BCUT2D eigenvalue weighted by atomic mass is 9.54. The normalized spacial score (nSPS) is 34.7. The zero-order valence-corrected chi connectivity index (χ0v) is 20.9. The van der Waals surface area contributed by atoms with Crippen molar-refractivity contribution in [3.63, 3.8) is 0 Å². The highest BCUT2D eigenvalue weighted by Crippen LogP contribution is 2.57. The summed E-state index contributed by atoms with van der Waals surface area (Å²) < 4.78 is 6.10. The number of rotatable bonds is 6. The van der Waals surface area contributed by atoms with Crippen molar-refractivity contribution in [3.8, 4) is 0 Å². The fraction of sp³-hybridized carbons (Fsp3) is 0.633. The molecule has 0 aromatic carbocycles. The molecule has 5 rings (SSSR count). The summed E-state index contributed by atoms with van der Waals surface area (Å²) in [6, 6.07) is 0. The first-order valence-electron chi connectivity index (χ1n) is 12.8. The Morgan fingerprint density at radius 1 is 0.969 bits per heavy atom. The molecule has 174 valence electrons. The second-order valence-electron chi connectivity index (χ2n) is 11.9. The van der Waals surface area contributed by atoms with Crippen LogP contribution in [0.4, 0.5) is 0 Å². The predicted molar refractivity (Wildman–Crippen MR) is 133 cm³/mol. The number of carbonyl (C=O) groups excluding carboxylic acids is 1. The lowest BCUT2D eigenvalue weighted by Gasteiger charge is -2.55. The minimum Gasteiger partial charge on any atom is -0.456 e. The Morgan fingerprint density at radius 3 is 2.19 bits per heavy atom. The van der Waals surface area contributed by atoms with Crippen molar-refractivity contribution in [2.24, 2.45) is 23.2 Å². The van der Waals surface area contributed by atoms with Gasteiger partial charge in [0.15, 0.2) is 0 Å². The molecule has 5 aliphatic carbocycles. The molecule has 4 fully saturated rings. The van der Waals surface area contributed by atoms with Gasteiger partial charge in [-0.25, -0.2) is 4.79 Å². The third-order valence-electron chi connectivity index (χ3n) is 8.42. The average molecular weight is 435 g/mol. The maximum atomic E-state index is 12.6. The molecule has 0 aliphatic heterocycles. The van der Waals surface area contributed by atoms with Crippen molar-refractivity contribution in [3.05, 3.63) is 58.7 Å². The summed E-state index contributed by atoms with van der Waals surface area (Å²) in [6.45, 7) is 11.1. The molecule has 0 unspecified atom stereocenters. The molecule has 0 amide bonds. The Hall–Kier alpha value is -1.83. The van der Waals surface area contributed by atoms with Gasteiger partial charge in [-0.2, -0.15) is 0 Å². The summed E-state index contributed by atoms with van der Waals surface area (Å²) in [5.41, 5.74) is 5.28. The highest BCUT2D eigenvalue weighted by atomic mass is 16.6. The standard InChI is InChI=1S/C30H42O2/c1-21(11-12-27-23(3)10-7-13-29(27,4)5)8-6-9-22(2)14-28(31)32-30-18-24-15-25(19-30)17-26(16-24)20-30/h6,8-9,11-12,14,24-26H,7,10,13,15-20H2,1-5H3. The number of hydrogen-bond donors (Lipinski definition) is 0. The van der Waals surface area contributed by atoms with Crippen molar-refractivity contribution in [1.29, 1.82) is 0 Å². The first-order chi connectivity index (χ1) is 15.1. The molecule has 4 bridgehead atoms. The molecule has 0 aromatic heterocycles. The van der Waals surface area contributed by atoms with Crippen LogP contribution < -0.4 is 0 Å². The average Bonchev–Trinajstić information content (AvgIpc) is 2.65. The molecule has 4 saturated carbocycles. The van der Waals surface area contributed by atoms with Gasteiger partial charge >= 0.3 is 5.97 Å². The van der Waals surface area contributed by atoms with E-state index in [1.165, 1.54) is 55.2 Å². The van der Waals surface area contributed by atoms with E-state index in [1.54, 1.807) is 6.08 Å². The van der Waals surface area contributed by atoms with Gasteiger partial charge in [0.25, 0.3) is 0 Å². The van der Waals surface area contributed by atoms with E-state index < -0.39 is 0 Å². The van der Waals surface area contributed by atoms with Gasteiger partial charge in [-0.1, -0.05) is 55.4 Å². The molecule has 2 nitrogen and oxygen atoms in total. The smallest absolute Gasteiger partial charge is 0.331 e. The maximum Gasteiger partial charge on any atom is 0.331 e. The molecule has 0 atom stereocenters. The molecule has 0 saturated heterocycles. The number of allylic oxidation sites excluding steroid dienone is 9. The van der Waals surface area contributed by atoms with E-state index in [4.69, 9.17) is 4.74 Å². The Labute approximate surface area is 195 Å². The van der Waals surface area contributed by atoms with Gasteiger partial charge in [0.2, 0.25) is 0 Å². The largest absolute Gasteiger partial charge is 0.456 e. The van der Waals surface area contributed by atoms with Crippen LogP contribution in [0.25, 0.3) is 0 Å². The van der Waals surface area contributed by atoms with Crippen LogP contribution in [0.3, 0.4) is 0 Å². The Bertz CT molecular complexity index is 855. The van der Waals surface area contributed by atoms with Crippen molar-refractivity contribution in [2.45, 2.75) is 98.0 Å². The summed E-state index contributed by atoms with van der Waals surface area (Å²) in [7, 11) is 0. The molecule has 0 spiro atoms. The van der Waals surface area contributed by atoms with Crippen molar-refractivity contribution in [1.82, 2.24) is 0 Å². The Morgan fingerprint density at radius 2 is 1.59 bits per heavy atom. The Kier molecular flexibility index (Phi) is 6.71. The zero-order chi connectivity index (χ0) is 22.9. The zero-order valence-electron chi connectivity index (χ0n) is 20.9. The molecule has 0 heterocycles. The van der Waals surface area contributed by atoms with Gasteiger partial charge < -0.3 is 4.74 Å². The van der Waals surface area contributed by atoms with Crippen molar-refractivity contribution >= 4 is 5.97 Å². The van der Waals surface area contributed by atoms with Gasteiger partial charge in [0.05, 0.1) is 0 Å². The number of hydrogen-bond acceptors (Lipinski definition) is 2. The highest BCUT2D eigenvalue weighted by molar-refractivity contribution is 5.83. The van der Waals surface area contributed by atoms with Crippen LogP contribution in [0, 0.1) is 23.2 Å². The van der Waals surface area contributed by atoms with Gasteiger partial charge in [-0.15, -0.1) is 0 Å². The van der Waals surface area contributed by atoms with Crippen molar-refractivity contribution in [2.75, 3.05) is 0 Å². The van der Waals surface area contributed by atoms with Crippen LogP contribution >= 0.6 is 0 Å². The van der Waals surface area contributed by atoms with Gasteiger partial charge in [0, 0.05) is 6.08 Å². The van der Waals surface area contributed by atoms with E-state index in [0.29, 0.717) is 0 Å². The summed E-state index contributed by atoms with van der Waals surface area (Å²) in [6.07, 6.45) is 23.5. The second-order valence-corrected chi connectivity index (χ2v) is 11.9. The fourth-order valence-corrected chi connectivity index (χ4v) is 7.27. The molecule has 5 aliphatic rings. The lowest BCUT2D eigenvalue weighted by molar-refractivity contribution is -0.181. The van der Waals surface area contributed by atoms with E-state index >= 15 is 0 Å². The quantitative estimate of drug-likeness (QED) is 0.240. The molecule has 0 N–H and O–H groups in total. The summed E-state index contributed by atoms with van der Waals surface area (Å²) in [5.74, 6) is 2.22. The van der Waals surface area contributed by atoms with E-state index in [2.05, 4.69) is 45.9 Å². The maximum absolute atomic E-state index is 12.6. The van der Waals surface area contributed by atoms with Crippen LogP contribution in [-0.2, 0) is 9.53 Å². The summed E-state index contributed by atoms with van der Waals surface area (Å²) in [5, 5.41) is 0. The van der Waals surface area contributed by atoms with Gasteiger partial charge in [-0.05, 0) is 113 Å². The SMILES string of the molecule is CC(C=CC1=C(C)CCCC1(C)C)=CC=CC(C)=CC(=O)OC12CC3CC(CC(C3)C1)C2. The molecule has 2 heteroatoms. The van der Waals surface area contributed by atoms with E-state index in [-0.39, 0.29) is 17.0 Å². The van der Waals surface area contributed by atoms with Gasteiger partial charge in [0.1, 0.15) is 5.60 Å². The number of carbonyl (C=O) groups is 1. The van der Waals surface area contributed by atoms with Gasteiger partial charge in [-0.3, -0.25) is 0 Å². The van der Waals surface area contributed by atoms with Crippen LogP contribution in [0.1, 0.15) is 92.4 Å². The molecular formula is C30H42O2. The number of ether oxygens (including phenoxy) is 1. The topological polar surface area (TPSA) is 26.3 Å². The minimum atomic E-state index is -0.159. The fourth-order valence-electron chi connectivity index (χ4n) is 7.27. The molecular weight excluding hydrogens is 392 g/mol. The van der Waals surface area contributed by atoms with Crippen LogP contribution in [0.15, 0.2) is 58.7 Å². The van der Waals surface area contributed by atoms with Crippen LogP contribution in [-0.4, -0.2) is 11.6 Å². The predicted octanol–water partition coefficient (Wildman–Crippen LogP) is 8.03. The Balaban J connectivity index is 1.33. The molecule has 0 radical (unpaired) electrons. The minimum absolute atomic E-state index is 0.156. The van der Waals surface area contributed by atoms with Crippen LogP contribution in [0.2, 0.25) is 0 Å². The first-order valence-corrected chi connectivity index (χ1v) is 12.8. The van der Waals surface area contributed by atoms with E-state index in [1.807, 2.05) is 19.1 Å². The van der Waals surface area contributed by atoms with Crippen LogP contribution in [0.5, 0.6) is 0 Å². The third kappa shape index (κ3) is 5.38. The van der Waals surface area contributed by atoms with Crippen molar-refractivity contribution < 1.29 is 9.53 Å². The summed E-state index contributed by atoms with van der Waals surface area (Å²) in [4.78, 5) is 12.6. The second kappa shape index (κ2) is 9.20. The lowest BCUT2D eigenvalue weighted by Crippen LogP contribution is -2.52. The highest BCUT2D eigenvalue weighted by Gasteiger charge is 2.53. The summed E-state index contributed by atoms with van der Waals surface area (Å²) >= 11 is 0. The first kappa shape index (κ1) is 23.3. The van der Waals surface area contributed by atoms with E-state index in [0.717, 1.165) is 42.6 Å². The monoisotopic (exact) mass is 434 g/mol. The third-order valence-corrected chi connectivity index (χ3v) is 8.42.